The molecule has 16 heavy (non-hydrogen) atoms. The normalized spacial score (nSPS) is 10.4. The van der Waals surface area contributed by atoms with Gasteiger partial charge in [0.25, 0.3) is 0 Å². The van der Waals surface area contributed by atoms with E-state index in [1.165, 1.54) is 16.9 Å². The average Bonchev–Trinajstić information content (AvgIpc) is 2.75. The van der Waals surface area contributed by atoms with Gasteiger partial charge in [-0.3, -0.25) is 0 Å². The van der Waals surface area contributed by atoms with Crippen molar-refractivity contribution in [1.82, 2.24) is 4.57 Å². The van der Waals surface area contributed by atoms with Gasteiger partial charge in [0.2, 0.25) is 0 Å². The van der Waals surface area contributed by atoms with Crippen molar-refractivity contribution in [2.45, 2.75) is 26.9 Å². The highest BCUT2D eigenvalue weighted by molar-refractivity contribution is 5.50. The Hall–Kier alpha value is -1.70. The third-order valence-corrected chi connectivity index (χ3v) is 2.87. The topological polar surface area (TPSA) is 17.0 Å². The minimum Gasteiger partial charge on any atom is -0.379 e. The molecule has 2 aromatic rings. The van der Waals surface area contributed by atoms with Crippen molar-refractivity contribution in [2.24, 2.45) is 0 Å². The van der Waals surface area contributed by atoms with E-state index in [0.29, 0.717) is 0 Å². The van der Waals surface area contributed by atoms with Gasteiger partial charge in [-0.15, -0.1) is 0 Å². The van der Waals surface area contributed by atoms with E-state index < -0.39 is 0 Å². The summed E-state index contributed by atoms with van der Waals surface area (Å²) in [7, 11) is 0. The summed E-state index contributed by atoms with van der Waals surface area (Å²) in [5, 5.41) is 3.47. The number of aryl methyl sites for hydroxylation is 2. The standard InChI is InChI=1S/C14H18N2/c1-3-16-10-6-8-13(16)11-15-14-9-5-4-7-12(14)2/h4-10,15H,3,11H2,1-2H3. The first-order valence-corrected chi connectivity index (χ1v) is 5.74. The molecule has 2 nitrogen and oxygen atoms in total. The molecule has 84 valence electrons. The lowest BCUT2D eigenvalue weighted by Crippen LogP contribution is -2.06. The van der Waals surface area contributed by atoms with Gasteiger partial charge in [0.1, 0.15) is 0 Å². The predicted octanol–water partition coefficient (Wildman–Crippen LogP) is 3.43. The summed E-state index contributed by atoms with van der Waals surface area (Å²) in [5.41, 5.74) is 3.83. The third-order valence-electron chi connectivity index (χ3n) is 2.87. The second-order valence-corrected chi connectivity index (χ2v) is 3.95. The van der Waals surface area contributed by atoms with E-state index >= 15 is 0 Å². The molecule has 0 unspecified atom stereocenters. The van der Waals surface area contributed by atoms with Crippen LogP contribution in [0.15, 0.2) is 42.6 Å². The van der Waals surface area contributed by atoms with Crippen molar-refractivity contribution >= 4 is 5.69 Å². The van der Waals surface area contributed by atoms with Crippen LogP contribution in [-0.2, 0) is 13.1 Å². The lowest BCUT2D eigenvalue weighted by molar-refractivity contribution is 0.724. The Morgan fingerprint density at radius 3 is 2.69 bits per heavy atom. The molecule has 0 atom stereocenters. The highest BCUT2D eigenvalue weighted by Crippen LogP contribution is 2.14. The Bertz CT molecular complexity index is 457. The molecule has 0 bridgehead atoms. The fraction of sp³-hybridized carbons (Fsp3) is 0.286. The van der Waals surface area contributed by atoms with E-state index in [4.69, 9.17) is 0 Å². The second-order valence-electron chi connectivity index (χ2n) is 3.95. The molecule has 1 N–H and O–H groups in total. The lowest BCUT2D eigenvalue weighted by atomic mass is 10.2. The molecule has 0 aliphatic rings. The van der Waals surface area contributed by atoms with Gasteiger partial charge in [-0.05, 0) is 37.6 Å². The molecule has 2 rings (SSSR count). The first-order chi connectivity index (χ1) is 7.81. The summed E-state index contributed by atoms with van der Waals surface area (Å²) in [6.07, 6.45) is 2.12. The fourth-order valence-electron chi connectivity index (χ4n) is 1.88. The van der Waals surface area contributed by atoms with Gasteiger partial charge < -0.3 is 9.88 Å². The van der Waals surface area contributed by atoms with Crippen molar-refractivity contribution < 1.29 is 0 Å². The quantitative estimate of drug-likeness (QED) is 0.825. The molecule has 1 aromatic heterocycles. The number of nitrogens with one attached hydrogen (secondary N) is 1. The number of hydrogen-bond acceptors (Lipinski definition) is 1. The van der Waals surface area contributed by atoms with Crippen LogP contribution < -0.4 is 5.32 Å². The van der Waals surface area contributed by atoms with E-state index in [0.717, 1.165) is 13.1 Å². The fourth-order valence-corrected chi connectivity index (χ4v) is 1.88. The third kappa shape index (κ3) is 2.27. The van der Waals surface area contributed by atoms with Gasteiger partial charge in [-0.2, -0.15) is 0 Å². The van der Waals surface area contributed by atoms with Gasteiger partial charge >= 0.3 is 0 Å². The smallest absolute Gasteiger partial charge is 0.0553 e. The number of anilines is 1. The molecule has 0 saturated carbocycles. The Morgan fingerprint density at radius 2 is 1.94 bits per heavy atom. The molecule has 0 amide bonds. The Labute approximate surface area is 96.9 Å². The molecule has 1 heterocycles. The van der Waals surface area contributed by atoms with Crippen LogP contribution in [0.3, 0.4) is 0 Å². The van der Waals surface area contributed by atoms with Crippen molar-refractivity contribution in [2.75, 3.05) is 5.32 Å². The van der Waals surface area contributed by atoms with Gasteiger partial charge in [-0.1, -0.05) is 18.2 Å². The van der Waals surface area contributed by atoms with E-state index in [9.17, 15) is 0 Å². The van der Waals surface area contributed by atoms with Crippen molar-refractivity contribution in [3.05, 3.63) is 53.9 Å². The number of para-hydroxylation sites is 1. The van der Waals surface area contributed by atoms with E-state index in [1.807, 2.05) is 0 Å². The number of nitrogens with zero attached hydrogens (tertiary/aromatic N) is 1. The summed E-state index contributed by atoms with van der Waals surface area (Å²) < 4.78 is 2.26. The largest absolute Gasteiger partial charge is 0.379 e. The predicted molar refractivity (Wildman–Crippen MR) is 68.6 cm³/mol. The zero-order valence-corrected chi connectivity index (χ0v) is 9.90. The van der Waals surface area contributed by atoms with Crippen LogP contribution in [-0.4, -0.2) is 4.57 Å². The maximum absolute atomic E-state index is 3.47. The monoisotopic (exact) mass is 214 g/mol. The zero-order valence-electron chi connectivity index (χ0n) is 9.90. The second kappa shape index (κ2) is 4.88. The van der Waals surface area contributed by atoms with Crippen molar-refractivity contribution in [3.63, 3.8) is 0 Å². The van der Waals surface area contributed by atoms with Gasteiger partial charge in [0, 0.05) is 24.1 Å². The molecule has 0 aliphatic carbocycles. The number of rotatable bonds is 4. The van der Waals surface area contributed by atoms with Gasteiger partial charge in [0.05, 0.1) is 6.54 Å². The highest BCUT2D eigenvalue weighted by atomic mass is 15.0. The molecular weight excluding hydrogens is 196 g/mol. The summed E-state index contributed by atoms with van der Waals surface area (Å²) in [4.78, 5) is 0. The minimum absolute atomic E-state index is 0.881. The van der Waals surface area contributed by atoms with Crippen LogP contribution >= 0.6 is 0 Å². The number of aromatic nitrogens is 1. The van der Waals surface area contributed by atoms with Crippen LogP contribution in [0.5, 0.6) is 0 Å². The van der Waals surface area contributed by atoms with Crippen LogP contribution in [0, 0.1) is 6.92 Å². The summed E-state index contributed by atoms with van der Waals surface area (Å²) >= 11 is 0. The molecular formula is C14H18N2. The van der Waals surface area contributed by atoms with Crippen LogP contribution in [0.1, 0.15) is 18.2 Å². The minimum atomic E-state index is 0.881. The Balaban J connectivity index is 2.05. The maximum atomic E-state index is 3.47. The van der Waals surface area contributed by atoms with Gasteiger partial charge in [-0.25, -0.2) is 0 Å². The SMILES string of the molecule is CCn1cccc1CNc1ccccc1C. The summed E-state index contributed by atoms with van der Waals surface area (Å²) in [6, 6.07) is 12.6. The van der Waals surface area contributed by atoms with Crippen molar-refractivity contribution in [3.8, 4) is 0 Å². The molecule has 0 saturated heterocycles. The molecule has 2 heteroatoms. The molecule has 0 spiro atoms. The summed E-state index contributed by atoms with van der Waals surface area (Å²) in [6.45, 7) is 6.20. The van der Waals surface area contributed by atoms with Crippen LogP contribution in [0.2, 0.25) is 0 Å². The van der Waals surface area contributed by atoms with E-state index in [2.05, 4.69) is 66.3 Å². The van der Waals surface area contributed by atoms with Crippen LogP contribution in [0.25, 0.3) is 0 Å². The zero-order chi connectivity index (χ0) is 11.4. The molecule has 0 fully saturated rings. The molecule has 0 radical (unpaired) electrons. The first kappa shape index (κ1) is 10.8. The maximum Gasteiger partial charge on any atom is 0.0553 e. The van der Waals surface area contributed by atoms with Crippen molar-refractivity contribution in [1.29, 1.82) is 0 Å². The number of hydrogen-bond donors (Lipinski definition) is 1. The molecule has 0 aliphatic heterocycles. The Morgan fingerprint density at radius 1 is 1.12 bits per heavy atom. The number of benzene rings is 1. The molecule has 1 aromatic carbocycles. The van der Waals surface area contributed by atoms with Gasteiger partial charge in [0.15, 0.2) is 0 Å². The van der Waals surface area contributed by atoms with E-state index in [1.54, 1.807) is 0 Å². The Kier molecular flexibility index (Phi) is 3.30. The summed E-state index contributed by atoms with van der Waals surface area (Å²) in [5.74, 6) is 0. The highest BCUT2D eigenvalue weighted by Gasteiger charge is 2.00. The van der Waals surface area contributed by atoms with E-state index in [-0.39, 0.29) is 0 Å². The average molecular weight is 214 g/mol. The lowest BCUT2D eigenvalue weighted by Gasteiger charge is -2.11. The first-order valence-electron chi connectivity index (χ1n) is 5.74. The van der Waals surface area contributed by atoms with Crippen LogP contribution in [0.4, 0.5) is 5.69 Å².